The Kier molecular flexibility index (Phi) is 3.32. The van der Waals surface area contributed by atoms with Gasteiger partial charge in [-0.05, 0) is 38.4 Å². The first-order valence-corrected chi connectivity index (χ1v) is 4.60. The van der Waals surface area contributed by atoms with Crippen molar-refractivity contribution in [1.82, 2.24) is 5.32 Å². The van der Waals surface area contributed by atoms with Gasteiger partial charge in [-0.25, -0.2) is 0 Å². The van der Waals surface area contributed by atoms with E-state index in [1.165, 1.54) is 0 Å². The highest BCUT2D eigenvalue weighted by Crippen LogP contribution is 2.22. The summed E-state index contributed by atoms with van der Waals surface area (Å²) in [6, 6.07) is 6.26. The fourth-order valence-corrected chi connectivity index (χ4v) is 1.32. The van der Waals surface area contributed by atoms with E-state index in [1.807, 2.05) is 32.2 Å². The zero-order chi connectivity index (χ0) is 9.84. The minimum atomic E-state index is 0.396. The number of aryl methyl sites for hydroxylation is 1. The Morgan fingerprint density at radius 2 is 2.15 bits per heavy atom. The average Bonchev–Trinajstić information content (AvgIpc) is 2.13. The highest BCUT2D eigenvalue weighted by atomic mass is 16.3. The number of aromatic hydroxyl groups is 1. The maximum absolute atomic E-state index is 9.71. The van der Waals surface area contributed by atoms with Gasteiger partial charge in [-0.2, -0.15) is 0 Å². The van der Waals surface area contributed by atoms with E-state index in [2.05, 4.69) is 12.2 Å². The number of phenols is 1. The maximum atomic E-state index is 9.71. The van der Waals surface area contributed by atoms with E-state index in [4.69, 9.17) is 0 Å². The summed E-state index contributed by atoms with van der Waals surface area (Å²) in [5.41, 5.74) is 1.96. The number of likely N-dealkylation sites (N-methyl/N-ethyl adjacent to an activating group) is 1. The normalized spacial score (nSPS) is 12.8. The summed E-state index contributed by atoms with van der Waals surface area (Å²) in [5, 5.41) is 12.9. The molecule has 0 aliphatic carbocycles. The summed E-state index contributed by atoms with van der Waals surface area (Å²) in [5.74, 6) is 0.435. The lowest BCUT2D eigenvalue weighted by atomic mass is 10.0. The standard InChI is InChI=1S/C11H17NO/c1-8-5-4-6-10(11(8)13)7-9(2)12-3/h4-6,9,12-13H,7H2,1-3H3. The second-order valence-electron chi connectivity index (χ2n) is 3.48. The molecule has 0 bridgehead atoms. The zero-order valence-electron chi connectivity index (χ0n) is 8.46. The van der Waals surface area contributed by atoms with Gasteiger partial charge in [0.2, 0.25) is 0 Å². The Morgan fingerprint density at radius 1 is 1.46 bits per heavy atom. The number of hydrogen-bond donors (Lipinski definition) is 2. The molecule has 2 N–H and O–H groups in total. The molecule has 0 aromatic heterocycles. The quantitative estimate of drug-likeness (QED) is 0.742. The van der Waals surface area contributed by atoms with Crippen LogP contribution in [0.1, 0.15) is 18.1 Å². The lowest BCUT2D eigenvalue weighted by Crippen LogP contribution is -2.23. The van der Waals surface area contributed by atoms with Gasteiger partial charge in [0.25, 0.3) is 0 Å². The molecular formula is C11H17NO. The van der Waals surface area contributed by atoms with E-state index in [0.29, 0.717) is 11.8 Å². The second kappa shape index (κ2) is 4.28. The van der Waals surface area contributed by atoms with E-state index >= 15 is 0 Å². The van der Waals surface area contributed by atoms with Crippen LogP contribution in [0.15, 0.2) is 18.2 Å². The molecule has 0 radical (unpaired) electrons. The number of nitrogens with one attached hydrogen (secondary N) is 1. The summed E-state index contributed by atoms with van der Waals surface area (Å²) >= 11 is 0. The third-order valence-electron chi connectivity index (χ3n) is 2.34. The third-order valence-corrected chi connectivity index (χ3v) is 2.34. The van der Waals surface area contributed by atoms with E-state index in [-0.39, 0.29) is 0 Å². The first kappa shape index (κ1) is 10.1. The van der Waals surface area contributed by atoms with Crippen LogP contribution >= 0.6 is 0 Å². The van der Waals surface area contributed by atoms with Crippen molar-refractivity contribution in [2.75, 3.05) is 7.05 Å². The van der Waals surface area contributed by atoms with Gasteiger partial charge in [-0.3, -0.25) is 0 Å². The molecule has 72 valence electrons. The van der Waals surface area contributed by atoms with Gasteiger partial charge in [0.15, 0.2) is 0 Å². The second-order valence-corrected chi connectivity index (χ2v) is 3.48. The molecule has 1 unspecified atom stereocenters. The predicted molar refractivity (Wildman–Crippen MR) is 55.1 cm³/mol. The minimum Gasteiger partial charge on any atom is -0.507 e. The average molecular weight is 179 g/mol. The molecule has 0 saturated heterocycles. The summed E-state index contributed by atoms with van der Waals surface area (Å²) < 4.78 is 0. The lowest BCUT2D eigenvalue weighted by molar-refractivity contribution is 0.458. The van der Waals surface area contributed by atoms with Crippen LogP contribution in [0.5, 0.6) is 5.75 Å². The molecule has 0 spiro atoms. The van der Waals surface area contributed by atoms with Crippen molar-refractivity contribution in [2.45, 2.75) is 26.3 Å². The molecule has 1 atom stereocenters. The summed E-state index contributed by atoms with van der Waals surface area (Å²) in [7, 11) is 1.93. The SMILES string of the molecule is CNC(C)Cc1cccc(C)c1O. The van der Waals surface area contributed by atoms with Crippen LogP contribution in [0.3, 0.4) is 0 Å². The molecule has 1 rings (SSSR count). The van der Waals surface area contributed by atoms with Gasteiger partial charge in [0.1, 0.15) is 5.75 Å². The van der Waals surface area contributed by atoms with Crippen molar-refractivity contribution in [2.24, 2.45) is 0 Å². The van der Waals surface area contributed by atoms with Crippen molar-refractivity contribution >= 4 is 0 Å². The number of para-hydroxylation sites is 1. The summed E-state index contributed by atoms with van der Waals surface area (Å²) in [6.45, 7) is 4.02. The van der Waals surface area contributed by atoms with E-state index in [0.717, 1.165) is 17.5 Å². The van der Waals surface area contributed by atoms with Crippen molar-refractivity contribution in [3.63, 3.8) is 0 Å². The highest BCUT2D eigenvalue weighted by molar-refractivity contribution is 5.39. The summed E-state index contributed by atoms with van der Waals surface area (Å²) in [4.78, 5) is 0. The number of phenolic OH excluding ortho intramolecular Hbond substituents is 1. The highest BCUT2D eigenvalue weighted by Gasteiger charge is 2.06. The van der Waals surface area contributed by atoms with E-state index in [9.17, 15) is 5.11 Å². The van der Waals surface area contributed by atoms with Crippen LogP contribution in [-0.2, 0) is 6.42 Å². The molecule has 1 aromatic carbocycles. The Hall–Kier alpha value is -1.02. The molecule has 0 aliphatic heterocycles. The lowest BCUT2D eigenvalue weighted by Gasteiger charge is -2.12. The van der Waals surface area contributed by atoms with Gasteiger partial charge < -0.3 is 10.4 Å². The van der Waals surface area contributed by atoms with Crippen LogP contribution in [-0.4, -0.2) is 18.2 Å². The predicted octanol–water partition coefficient (Wildman–Crippen LogP) is 1.85. The van der Waals surface area contributed by atoms with Crippen LogP contribution in [0, 0.1) is 6.92 Å². The Bertz CT molecular complexity index is 283. The largest absolute Gasteiger partial charge is 0.507 e. The monoisotopic (exact) mass is 179 g/mol. The van der Waals surface area contributed by atoms with Crippen molar-refractivity contribution in [3.05, 3.63) is 29.3 Å². The van der Waals surface area contributed by atoms with Gasteiger partial charge in [-0.1, -0.05) is 18.2 Å². The zero-order valence-corrected chi connectivity index (χ0v) is 8.46. The first-order chi connectivity index (χ1) is 6.15. The topological polar surface area (TPSA) is 32.3 Å². The van der Waals surface area contributed by atoms with Gasteiger partial charge in [-0.15, -0.1) is 0 Å². The first-order valence-electron chi connectivity index (χ1n) is 4.60. The Morgan fingerprint density at radius 3 is 2.77 bits per heavy atom. The molecule has 2 heteroatoms. The summed E-state index contributed by atoms with van der Waals surface area (Å²) in [6.07, 6.45) is 0.865. The molecule has 13 heavy (non-hydrogen) atoms. The smallest absolute Gasteiger partial charge is 0.121 e. The molecule has 0 saturated carbocycles. The maximum Gasteiger partial charge on any atom is 0.121 e. The molecule has 2 nitrogen and oxygen atoms in total. The van der Waals surface area contributed by atoms with Crippen LogP contribution in [0.4, 0.5) is 0 Å². The number of benzene rings is 1. The molecule has 0 aliphatic rings. The van der Waals surface area contributed by atoms with Crippen LogP contribution in [0.2, 0.25) is 0 Å². The van der Waals surface area contributed by atoms with Crippen LogP contribution in [0.25, 0.3) is 0 Å². The molecular weight excluding hydrogens is 162 g/mol. The number of rotatable bonds is 3. The fraction of sp³-hybridized carbons (Fsp3) is 0.455. The van der Waals surface area contributed by atoms with Crippen molar-refractivity contribution < 1.29 is 5.11 Å². The third kappa shape index (κ3) is 2.46. The van der Waals surface area contributed by atoms with Crippen molar-refractivity contribution in [3.8, 4) is 5.75 Å². The number of hydrogen-bond acceptors (Lipinski definition) is 2. The molecule has 0 heterocycles. The fourth-order valence-electron chi connectivity index (χ4n) is 1.32. The molecule has 0 fully saturated rings. The molecule has 1 aromatic rings. The van der Waals surface area contributed by atoms with Gasteiger partial charge >= 0.3 is 0 Å². The van der Waals surface area contributed by atoms with E-state index in [1.54, 1.807) is 0 Å². The van der Waals surface area contributed by atoms with E-state index < -0.39 is 0 Å². The molecule has 0 amide bonds. The Labute approximate surface area is 79.6 Å². The van der Waals surface area contributed by atoms with Gasteiger partial charge in [0, 0.05) is 6.04 Å². The van der Waals surface area contributed by atoms with Crippen LogP contribution < -0.4 is 5.32 Å². The van der Waals surface area contributed by atoms with Crippen molar-refractivity contribution in [1.29, 1.82) is 0 Å². The minimum absolute atomic E-state index is 0.396. The Balaban J connectivity index is 2.83. The van der Waals surface area contributed by atoms with Gasteiger partial charge in [0.05, 0.1) is 0 Å².